The molecule has 1 saturated carbocycles. The third kappa shape index (κ3) is 3.28. The van der Waals surface area contributed by atoms with Crippen molar-refractivity contribution >= 4 is 16.9 Å². The van der Waals surface area contributed by atoms with Crippen molar-refractivity contribution in [2.75, 3.05) is 6.26 Å². The van der Waals surface area contributed by atoms with E-state index in [0.29, 0.717) is 5.12 Å². The minimum atomic E-state index is 0.358. The minimum Gasteiger partial charge on any atom is -0.287 e. The number of carbonyl (C=O) groups is 1. The van der Waals surface area contributed by atoms with Crippen LogP contribution in [-0.2, 0) is 4.79 Å². The van der Waals surface area contributed by atoms with Crippen LogP contribution in [0.2, 0.25) is 0 Å². The van der Waals surface area contributed by atoms with Gasteiger partial charge in [-0.25, -0.2) is 0 Å². The lowest BCUT2D eigenvalue weighted by Gasteiger charge is -2.05. The van der Waals surface area contributed by atoms with Crippen LogP contribution in [0.25, 0.3) is 0 Å². The Morgan fingerprint density at radius 2 is 2.09 bits per heavy atom. The molecule has 1 fully saturated rings. The second kappa shape index (κ2) is 4.81. The molecule has 1 nitrogen and oxygen atoms in total. The van der Waals surface area contributed by atoms with Crippen LogP contribution in [0.15, 0.2) is 0 Å². The number of rotatable bonds is 3. The minimum absolute atomic E-state index is 0.358. The molecule has 0 heterocycles. The van der Waals surface area contributed by atoms with Crippen LogP contribution in [0.5, 0.6) is 0 Å². The lowest BCUT2D eigenvalue weighted by Crippen LogP contribution is -1.97. The van der Waals surface area contributed by atoms with Gasteiger partial charge in [-0.1, -0.05) is 37.4 Å². The van der Waals surface area contributed by atoms with E-state index in [9.17, 15) is 4.79 Å². The molecule has 0 amide bonds. The van der Waals surface area contributed by atoms with Gasteiger partial charge in [0.05, 0.1) is 0 Å². The molecule has 0 N–H and O–H groups in total. The first-order valence-corrected chi connectivity index (χ1v) is 5.62. The van der Waals surface area contributed by atoms with Gasteiger partial charge in [-0.05, 0) is 18.6 Å². The molecule has 0 aromatic carbocycles. The maximum absolute atomic E-state index is 10.9. The van der Waals surface area contributed by atoms with Crippen LogP contribution < -0.4 is 0 Å². The van der Waals surface area contributed by atoms with Crippen LogP contribution in [0.3, 0.4) is 0 Å². The molecule has 0 aliphatic heterocycles. The first-order valence-electron chi connectivity index (χ1n) is 4.39. The average Bonchev–Trinajstić information content (AvgIpc) is 2.52. The maximum Gasteiger partial charge on any atom is 0.188 e. The van der Waals surface area contributed by atoms with Crippen LogP contribution >= 0.6 is 11.8 Å². The molecule has 0 unspecified atom stereocenters. The summed E-state index contributed by atoms with van der Waals surface area (Å²) in [4.78, 5) is 10.9. The monoisotopic (exact) mass is 172 g/mol. The molecule has 0 atom stereocenters. The number of hydrogen-bond acceptors (Lipinski definition) is 2. The van der Waals surface area contributed by atoms with E-state index in [0.717, 1.165) is 18.8 Å². The highest BCUT2D eigenvalue weighted by Gasteiger charge is 2.15. The average molecular weight is 172 g/mol. The summed E-state index contributed by atoms with van der Waals surface area (Å²) in [7, 11) is 0. The number of thioether (sulfide) groups is 1. The van der Waals surface area contributed by atoms with Gasteiger partial charge < -0.3 is 0 Å². The SMILES string of the molecule is CSC(=O)CCC1CCCC1. The Morgan fingerprint density at radius 3 is 2.64 bits per heavy atom. The zero-order chi connectivity index (χ0) is 8.10. The van der Waals surface area contributed by atoms with Gasteiger partial charge in [0.1, 0.15) is 0 Å². The molecule has 64 valence electrons. The van der Waals surface area contributed by atoms with Gasteiger partial charge in [0.15, 0.2) is 5.12 Å². The molecule has 1 aliphatic rings. The van der Waals surface area contributed by atoms with Gasteiger partial charge in [-0.2, -0.15) is 0 Å². The second-order valence-electron chi connectivity index (χ2n) is 3.27. The fourth-order valence-corrected chi connectivity index (χ4v) is 2.05. The van der Waals surface area contributed by atoms with Crippen LogP contribution in [0.4, 0.5) is 0 Å². The van der Waals surface area contributed by atoms with E-state index in [1.807, 2.05) is 6.26 Å². The molecule has 0 aromatic heterocycles. The molecule has 0 saturated heterocycles. The zero-order valence-electron chi connectivity index (χ0n) is 7.14. The third-order valence-corrected chi connectivity index (χ3v) is 3.12. The molecule has 0 spiro atoms. The Hall–Kier alpha value is 0.0200. The Labute approximate surface area is 72.9 Å². The number of carbonyl (C=O) groups excluding carboxylic acids is 1. The molecular weight excluding hydrogens is 156 g/mol. The molecule has 0 radical (unpaired) electrons. The van der Waals surface area contributed by atoms with Crippen molar-refractivity contribution in [2.24, 2.45) is 5.92 Å². The first kappa shape index (κ1) is 9.11. The summed E-state index contributed by atoms with van der Waals surface area (Å²) in [5.74, 6) is 0.867. The fourth-order valence-electron chi connectivity index (χ4n) is 1.72. The van der Waals surface area contributed by atoms with Gasteiger partial charge in [0, 0.05) is 6.42 Å². The second-order valence-corrected chi connectivity index (χ2v) is 4.13. The summed E-state index contributed by atoms with van der Waals surface area (Å²) in [6, 6.07) is 0. The Kier molecular flexibility index (Phi) is 3.98. The standard InChI is InChI=1S/C9H16OS/c1-11-9(10)7-6-8-4-2-3-5-8/h8H,2-7H2,1H3. The van der Waals surface area contributed by atoms with Gasteiger partial charge in [0.2, 0.25) is 0 Å². The van der Waals surface area contributed by atoms with Crippen LogP contribution in [0, 0.1) is 5.92 Å². The van der Waals surface area contributed by atoms with Crippen molar-refractivity contribution in [3.05, 3.63) is 0 Å². The third-order valence-electron chi connectivity index (χ3n) is 2.46. The zero-order valence-corrected chi connectivity index (χ0v) is 7.95. The Balaban J connectivity index is 2.06. The van der Waals surface area contributed by atoms with E-state index >= 15 is 0 Å². The maximum atomic E-state index is 10.9. The highest BCUT2D eigenvalue weighted by atomic mass is 32.2. The summed E-state index contributed by atoms with van der Waals surface area (Å²) in [6.07, 6.45) is 9.31. The normalized spacial score (nSPS) is 19.0. The lowest BCUT2D eigenvalue weighted by molar-refractivity contribution is -0.111. The molecule has 2 heteroatoms. The first-order chi connectivity index (χ1) is 5.33. The molecule has 1 rings (SSSR count). The summed E-state index contributed by atoms with van der Waals surface area (Å²) in [5, 5.41) is 0.358. The van der Waals surface area contributed by atoms with Gasteiger partial charge >= 0.3 is 0 Å². The molecule has 1 aliphatic carbocycles. The van der Waals surface area contributed by atoms with Gasteiger partial charge in [-0.3, -0.25) is 4.79 Å². The van der Waals surface area contributed by atoms with Crippen LogP contribution in [0.1, 0.15) is 38.5 Å². The summed E-state index contributed by atoms with van der Waals surface area (Å²) < 4.78 is 0. The van der Waals surface area contributed by atoms with E-state index in [2.05, 4.69) is 0 Å². The topological polar surface area (TPSA) is 17.1 Å². The van der Waals surface area contributed by atoms with E-state index in [1.165, 1.54) is 37.4 Å². The number of hydrogen-bond donors (Lipinski definition) is 0. The lowest BCUT2D eigenvalue weighted by atomic mass is 10.0. The van der Waals surface area contributed by atoms with Crippen molar-refractivity contribution in [3.8, 4) is 0 Å². The quantitative estimate of drug-likeness (QED) is 0.651. The predicted octanol–water partition coefficient (Wildman–Crippen LogP) is 2.85. The molecule has 0 aromatic rings. The smallest absolute Gasteiger partial charge is 0.188 e. The van der Waals surface area contributed by atoms with Gasteiger partial charge in [-0.15, -0.1) is 0 Å². The van der Waals surface area contributed by atoms with E-state index < -0.39 is 0 Å². The predicted molar refractivity (Wildman–Crippen MR) is 49.7 cm³/mol. The summed E-state index contributed by atoms with van der Waals surface area (Å²) >= 11 is 1.37. The van der Waals surface area contributed by atoms with E-state index in [4.69, 9.17) is 0 Å². The largest absolute Gasteiger partial charge is 0.287 e. The van der Waals surface area contributed by atoms with Crippen molar-refractivity contribution in [1.82, 2.24) is 0 Å². The summed E-state index contributed by atoms with van der Waals surface area (Å²) in [5.41, 5.74) is 0. The summed E-state index contributed by atoms with van der Waals surface area (Å²) in [6.45, 7) is 0. The highest BCUT2D eigenvalue weighted by Crippen LogP contribution is 2.28. The molecular formula is C9H16OS. The Bertz CT molecular complexity index is 128. The van der Waals surface area contributed by atoms with Crippen molar-refractivity contribution < 1.29 is 4.79 Å². The Morgan fingerprint density at radius 1 is 1.45 bits per heavy atom. The van der Waals surface area contributed by atoms with Crippen molar-refractivity contribution in [3.63, 3.8) is 0 Å². The van der Waals surface area contributed by atoms with Crippen LogP contribution in [-0.4, -0.2) is 11.4 Å². The molecule has 0 bridgehead atoms. The van der Waals surface area contributed by atoms with Crippen molar-refractivity contribution in [1.29, 1.82) is 0 Å². The van der Waals surface area contributed by atoms with E-state index in [-0.39, 0.29) is 0 Å². The highest BCUT2D eigenvalue weighted by molar-refractivity contribution is 8.13. The van der Waals surface area contributed by atoms with E-state index in [1.54, 1.807) is 0 Å². The molecule has 11 heavy (non-hydrogen) atoms. The fraction of sp³-hybridized carbons (Fsp3) is 0.889. The van der Waals surface area contributed by atoms with Crippen molar-refractivity contribution in [2.45, 2.75) is 38.5 Å². The van der Waals surface area contributed by atoms with Gasteiger partial charge in [0.25, 0.3) is 0 Å².